The lowest BCUT2D eigenvalue weighted by molar-refractivity contribution is -0.121. The van der Waals surface area contributed by atoms with Crippen molar-refractivity contribution in [3.63, 3.8) is 0 Å². The summed E-state index contributed by atoms with van der Waals surface area (Å²) < 4.78 is 7.80. The van der Waals surface area contributed by atoms with Crippen molar-refractivity contribution in [2.75, 3.05) is 32.4 Å². The van der Waals surface area contributed by atoms with Gasteiger partial charge in [0.05, 0.1) is 16.5 Å². The van der Waals surface area contributed by atoms with Crippen LogP contribution in [-0.4, -0.2) is 83.2 Å². The molecular weight excluding hydrogens is 596 g/mol. The maximum Gasteiger partial charge on any atom is 0.319 e. The summed E-state index contributed by atoms with van der Waals surface area (Å²) in [5, 5.41) is 10.1. The molecule has 5 heterocycles. The highest BCUT2D eigenvalue weighted by Gasteiger charge is 2.37. The van der Waals surface area contributed by atoms with Crippen molar-refractivity contribution >= 4 is 28.7 Å². The standard InChI is InChI=1S/C34H44N10O3/c1-34(2,3)44-32-26(30(35)38-19-39-32)27(40-44)28-25(29(47-41-28)22-7-8-22)31-36-17-23(18-37-31)21-12-15-43(16-13-21)33(46)42(4)14-11-20-5-9-24(45)10-6-20/h17-22H,5-16H2,1-4H3,(H2,35,38,39). The minimum Gasteiger partial charge on any atom is -0.383 e. The van der Waals surface area contributed by atoms with Gasteiger partial charge in [-0.1, -0.05) is 5.16 Å². The van der Waals surface area contributed by atoms with E-state index in [2.05, 4.69) is 35.9 Å². The summed E-state index contributed by atoms with van der Waals surface area (Å²) in [6.45, 7) is 8.30. The topological polar surface area (TPSA) is 162 Å². The fourth-order valence-corrected chi connectivity index (χ4v) is 7.00. The second kappa shape index (κ2) is 12.3. The van der Waals surface area contributed by atoms with Gasteiger partial charge in [-0.15, -0.1) is 0 Å². The van der Waals surface area contributed by atoms with Gasteiger partial charge in [-0.25, -0.2) is 29.4 Å². The molecular formula is C34H44N10O3. The first kappa shape index (κ1) is 31.2. The summed E-state index contributed by atoms with van der Waals surface area (Å²) in [6, 6.07) is 0.0852. The summed E-state index contributed by atoms with van der Waals surface area (Å²) in [5.74, 6) is 3.10. The molecule has 248 valence electrons. The Morgan fingerprint density at radius 2 is 1.68 bits per heavy atom. The van der Waals surface area contributed by atoms with Crippen LogP contribution in [0.15, 0.2) is 23.2 Å². The Labute approximate surface area is 274 Å². The molecule has 13 heteroatoms. The zero-order valence-corrected chi connectivity index (χ0v) is 27.8. The number of Topliss-reactive ketones (excluding diaryl/α,β-unsaturated/α-hetero) is 1. The van der Waals surface area contributed by atoms with Crippen LogP contribution in [0.3, 0.4) is 0 Å². The van der Waals surface area contributed by atoms with Gasteiger partial charge in [-0.05, 0) is 83.1 Å². The molecule has 1 saturated heterocycles. The Bertz CT molecular complexity index is 1770. The molecule has 2 amide bonds. The third-order valence-corrected chi connectivity index (χ3v) is 10.0. The third-order valence-electron chi connectivity index (χ3n) is 10.0. The van der Waals surface area contributed by atoms with Crippen LogP contribution in [-0.2, 0) is 10.3 Å². The van der Waals surface area contributed by atoms with Gasteiger partial charge in [0.25, 0.3) is 0 Å². The molecule has 2 aliphatic carbocycles. The van der Waals surface area contributed by atoms with E-state index in [4.69, 9.17) is 25.3 Å². The summed E-state index contributed by atoms with van der Waals surface area (Å²) in [7, 11) is 1.89. The van der Waals surface area contributed by atoms with Crippen molar-refractivity contribution in [3.05, 3.63) is 30.0 Å². The third kappa shape index (κ3) is 6.19. The number of rotatable bonds is 7. The number of piperidine rings is 1. The van der Waals surface area contributed by atoms with Crippen molar-refractivity contribution in [2.45, 2.75) is 95.9 Å². The number of urea groups is 1. The van der Waals surface area contributed by atoms with E-state index >= 15 is 0 Å². The zero-order valence-electron chi connectivity index (χ0n) is 27.8. The van der Waals surface area contributed by atoms with Gasteiger partial charge in [-0.2, -0.15) is 5.10 Å². The van der Waals surface area contributed by atoms with Crippen molar-refractivity contribution in [1.82, 2.24) is 44.7 Å². The van der Waals surface area contributed by atoms with E-state index < -0.39 is 0 Å². The summed E-state index contributed by atoms with van der Waals surface area (Å²) >= 11 is 0. The first-order valence-corrected chi connectivity index (χ1v) is 16.9. The predicted octanol–water partition coefficient (Wildman–Crippen LogP) is 5.53. The monoisotopic (exact) mass is 640 g/mol. The van der Waals surface area contributed by atoms with Gasteiger partial charge in [0, 0.05) is 57.8 Å². The summed E-state index contributed by atoms with van der Waals surface area (Å²) in [5.41, 5.74) is 9.57. The number of fused-ring (bicyclic) bond motifs is 1. The molecule has 7 rings (SSSR count). The lowest BCUT2D eigenvalue weighted by atomic mass is 9.86. The number of carbonyl (C=O) groups is 2. The second-order valence-corrected chi connectivity index (χ2v) is 14.5. The molecule has 0 bridgehead atoms. The van der Waals surface area contributed by atoms with Crippen LogP contribution in [0, 0.1) is 5.92 Å². The Kier molecular flexibility index (Phi) is 8.17. The van der Waals surface area contributed by atoms with Crippen molar-refractivity contribution in [2.24, 2.45) is 5.92 Å². The SMILES string of the molecule is CN(CCC1CCC(=O)CC1)C(=O)N1CCC(c2cnc(-c3c(-c4nn(C(C)(C)C)c5ncnc(N)c45)noc3C3CC3)nc2)CC1. The van der Waals surface area contributed by atoms with Crippen molar-refractivity contribution in [3.8, 4) is 22.8 Å². The Hall–Kier alpha value is -4.42. The van der Waals surface area contributed by atoms with Crippen LogP contribution in [0.1, 0.15) is 102 Å². The fraction of sp³-hybridized carbons (Fsp3) is 0.588. The minimum atomic E-state index is -0.355. The number of aromatic nitrogens is 7. The number of hydrogen-bond acceptors (Lipinski definition) is 10. The molecule has 47 heavy (non-hydrogen) atoms. The van der Waals surface area contributed by atoms with Crippen molar-refractivity contribution in [1.29, 1.82) is 0 Å². The molecule has 0 aromatic carbocycles. The van der Waals surface area contributed by atoms with Gasteiger partial charge in [-0.3, -0.25) is 4.79 Å². The maximum atomic E-state index is 13.2. The molecule has 3 fully saturated rings. The second-order valence-electron chi connectivity index (χ2n) is 14.5. The van der Waals surface area contributed by atoms with Crippen LogP contribution in [0.4, 0.5) is 10.6 Å². The first-order chi connectivity index (χ1) is 22.6. The van der Waals surface area contributed by atoms with E-state index in [-0.39, 0.29) is 23.4 Å². The number of nitrogens with zero attached hydrogens (tertiary/aromatic N) is 9. The molecule has 0 unspecified atom stereocenters. The van der Waals surface area contributed by atoms with Crippen LogP contribution in [0.5, 0.6) is 0 Å². The number of nitrogens with two attached hydrogens (primary N) is 1. The molecule has 4 aromatic rings. The highest BCUT2D eigenvalue weighted by atomic mass is 16.5. The van der Waals surface area contributed by atoms with Crippen LogP contribution in [0.2, 0.25) is 0 Å². The highest BCUT2D eigenvalue weighted by molar-refractivity contribution is 6.00. The maximum absolute atomic E-state index is 13.2. The van der Waals surface area contributed by atoms with E-state index in [1.807, 2.05) is 33.9 Å². The molecule has 2 saturated carbocycles. The molecule has 0 radical (unpaired) electrons. The Morgan fingerprint density at radius 3 is 2.34 bits per heavy atom. The highest BCUT2D eigenvalue weighted by Crippen LogP contribution is 2.48. The molecule has 0 spiro atoms. The molecule has 3 aliphatic rings. The minimum absolute atomic E-state index is 0.0852. The molecule has 1 aliphatic heterocycles. The van der Waals surface area contributed by atoms with E-state index in [1.54, 1.807) is 0 Å². The number of anilines is 1. The number of nitrogen functional groups attached to an aromatic ring is 1. The zero-order chi connectivity index (χ0) is 32.9. The normalized spacial score (nSPS) is 18.3. The number of hydrogen-bond donors (Lipinski definition) is 1. The largest absolute Gasteiger partial charge is 0.383 e. The van der Waals surface area contributed by atoms with Gasteiger partial charge < -0.3 is 20.1 Å². The van der Waals surface area contributed by atoms with Gasteiger partial charge in [0.1, 0.15) is 29.3 Å². The van der Waals surface area contributed by atoms with Crippen molar-refractivity contribution < 1.29 is 14.1 Å². The Balaban J connectivity index is 1.07. The van der Waals surface area contributed by atoms with Gasteiger partial charge >= 0.3 is 6.03 Å². The van der Waals surface area contributed by atoms with Crippen LogP contribution >= 0.6 is 0 Å². The predicted molar refractivity (Wildman–Crippen MR) is 176 cm³/mol. The van der Waals surface area contributed by atoms with E-state index in [1.165, 1.54) is 6.33 Å². The Morgan fingerprint density at radius 1 is 0.979 bits per heavy atom. The smallest absolute Gasteiger partial charge is 0.319 e. The molecule has 13 nitrogen and oxygen atoms in total. The fourth-order valence-electron chi connectivity index (χ4n) is 7.00. The van der Waals surface area contributed by atoms with Gasteiger partial charge in [0.15, 0.2) is 17.2 Å². The van der Waals surface area contributed by atoms with E-state index in [0.717, 1.165) is 68.4 Å². The van der Waals surface area contributed by atoms with Crippen LogP contribution in [0.25, 0.3) is 33.8 Å². The lowest BCUT2D eigenvalue weighted by Crippen LogP contribution is -2.45. The number of carbonyl (C=O) groups excluding carboxylic acids is 2. The molecule has 0 atom stereocenters. The lowest BCUT2D eigenvalue weighted by Gasteiger charge is -2.35. The first-order valence-electron chi connectivity index (χ1n) is 16.9. The molecule has 4 aromatic heterocycles. The number of ketones is 1. The summed E-state index contributed by atoms with van der Waals surface area (Å²) in [6.07, 6.45) is 13.3. The average molecular weight is 641 g/mol. The van der Waals surface area contributed by atoms with E-state index in [9.17, 15) is 9.59 Å². The average Bonchev–Trinajstić information content (AvgIpc) is 3.69. The quantitative estimate of drug-likeness (QED) is 0.272. The summed E-state index contributed by atoms with van der Waals surface area (Å²) in [4.78, 5) is 47.0. The number of amides is 2. The molecule has 2 N–H and O–H groups in total. The number of likely N-dealkylation sites (tertiary alicyclic amines) is 1. The van der Waals surface area contributed by atoms with E-state index in [0.29, 0.717) is 71.7 Å². The van der Waals surface area contributed by atoms with Crippen LogP contribution < -0.4 is 5.73 Å². The van der Waals surface area contributed by atoms with Gasteiger partial charge in [0.2, 0.25) is 0 Å².